The topological polar surface area (TPSA) is 36.4 Å². The summed E-state index contributed by atoms with van der Waals surface area (Å²) in [5.74, 6) is 0.564. The molecule has 1 aromatic heterocycles. The smallest absolute Gasteiger partial charge is 0.0681 e. The second-order valence-corrected chi connectivity index (χ2v) is 5.93. The van der Waals surface area contributed by atoms with Crippen LogP contribution in [0.4, 0.5) is 0 Å². The van der Waals surface area contributed by atoms with Gasteiger partial charge in [0.05, 0.1) is 6.61 Å². The summed E-state index contributed by atoms with van der Waals surface area (Å²) in [6.45, 7) is 2.40. The van der Waals surface area contributed by atoms with Gasteiger partial charge in [-0.05, 0) is 43.6 Å². The average Bonchev–Trinajstić information content (AvgIpc) is 2.55. The van der Waals surface area contributed by atoms with Crippen molar-refractivity contribution in [2.24, 2.45) is 0 Å². The van der Waals surface area contributed by atoms with Crippen LogP contribution >= 0.6 is 0 Å². The highest BCUT2D eigenvalue weighted by Gasteiger charge is 2.19. The Hall–Kier alpha value is -1.71. The number of aliphatic hydroxyl groups excluding tert-OH is 1. The summed E-state index contributed by atoms with van der Waals surface area (Å²) in [5, 5.41) is 9.08. The molecule has 1 unspecified atom stereocenters. The maximum Gasteiger partial charge on any atom is 0.0681 e. The maximum atomic E-state index is 9.08. The quantitative estimate of drug-likeness (QED) is 0.940. The number of pyridine rings is 1. The molecule has 21 heavy (non-hydrogen) atoms. The van der Waals surface area contributed by atoms with Crippen LogP contribution in [0.25, 0.3) is 11.1 Å². The van der Waals surface area contributed by atoms with Crippen molar-refractivity contribution in [1.29, 1.82) is 0 Å². The first kappa shape index (κ1) is 14.2. The summed E-state index contributed by atoms with van der Waals surface area (Å²) in [7, 11) is 2.18. The van der Waals surface area contributed by atoms with Gasteiger partial charge in [-0.1, -0.05) is 30.3 Å². The fraction of sp³-hybridized carbons (Fsp3) is 0.389. The molecular weight excluding hydrogens is 260 g/mol. The molecule has 0 aliphatic carbocycles. The minimum atomic E-state index is 0.0899. The van der Waals surface area contributed by atoms with Crippen LogP contribution in [0.1, 0.15) is 30.0 Å². The van der Waals surface area contributed by atoms with Gasteiger partial charge in [-0.15, -0.1) is 0 Å². The Morgan fingerprint density at radius 1 is 1.14 bits per heavy atom. The maximum absolute atomic E-state index is 9.08. The first-order valence-electron chi connectivity index (χ1n) is 7.61. The molecule has 1 aliphatic heterocycles. The summed E-state index contributed by atoms with van der Waals surface area (Å²) in [4.78, 5) is 7.07. The van der Waals surface area contributed by atoms with Crippen LogP contribution in [0.5, 0.6) is 0 Å². The van der Waals surface area contributed by atoms with Gasteiger partial charge in [0.2, 0.25) is 0 Å². The number of aromatic nitrogens is 1. The van der Waals surface area contributed by atoms with Crippen LogP contribution in [0.3, 0.4) is 0 Å². The van der Waals surface area contributed by atoms with Crippen LogP contribution in [0.15, 0.2) is 42.6 Å². The van der Waals surface area contributed by atoms with Crippen molar-refractivity contribution in [3.8, 4) is 11.1 Å². The second kappa shape index (κ2) is 6.37. The molecule has 0 saturated carbocycles. The summed E-state index contributed by atoms with van der Waals surface area (Å²) < 4.78 is 0. The monoisotopic (exact) mass is 282 g/mol. The molecule has 2 heterocycles. The summed E-state index contributed by atoms with van der Waals surface area (Å²) in [5.41, 5.74) is 4.42. The van der Waals surface area contributed by atoms with Gasteiger partial charge in [-0.25, -0.2) is 0 Å². The number of aliphatic hydroxyl groups is 1. The van der Waals surface area contributed by atoms with Crippen LogP contribution in [0.2, 0.25) is 0 Å². The lowest BCUT2D eigenvalue weighted by molar-refractivity contribution is 0.248. The molecule has 1 fully saturated rings. The normalized spacial score (nSPS) is 19.6. The number of benzene rings is 1. The third kappa shape index (κ3) is 3.31. The van der Waals surface area contributed by atoms with E-state index in [1.807, 2.05) is 30.5 Å². The van der Waals surface area contributed by atoms with Gasteiger partial charge in [0.25, 0.3) is 0 Å². The van der Waals surface area contributed by atoms with Gasteiger partial charge in [0.15, 0.2) is 0 Å². The van der Waals surface area contributed by atoms with Crippen molar-refractivity contribution in [2.45, 2.75) is 25.4 Å². The molecular formula is C18H22N2O. The van der Waals surface area contributed by atoms with E-state index in [2.05, 4.69) is 29.1 Å². The first-order valence-corrected chi connectivity index (χ1v) is 7.61. The van der Waals surface area contributed by atoms with Gasteiger partial charge >= 0.3 is 0 Å². The number of hydrogen-bond acceptors (Lipinski definition) is 3. The highest BCUT2D eigenvalue weighted by Crippen LogP contribution is 2.26. The minimum absolute atomic E-state index is 0.0899. The van der Waals surface area contributed by atoms with Gasteiger partial charge in [0.1, 0.15) is 0 Å². The number of likely N-dealkylation sites (N-methyl/N-ethyl adjacent to an activating group) is 1. The molecule has 1 aromatic carbocycles. The van der Waals surface area contributed by atoms with Crippen molar-refractivity contribution in [3.63, 3.8) is 0 Å². The minimum Gasteiger partial charge on any atom is -0.392 e. The van der Waals surface area contributed by atoms with Crippen LogP contribution in [-0.4, -0.2) is 35.1 Å². The van der Waals surface area contributed by atoms with Crippen molar-refractivity contribution >= 4 is 0 Å². The zero-order chi connectivity index (χ0) is 14.7. The van der Waals surface area contributed by atoms with Crippen molar-refractivity contribution in [2.75, 3.05) is 20.1 Å². The Morgan fingerprint density at radius 2 is 1.90 bits per heavy atom. The zero-order valence-electron chi connectivity index (χ0n) is 12.5. The van der Waals surface area contributed by atoms with E-state index >= 15 is 0 Å². The fourth-order valence-corrected chi connectivity index (χ4v) is 3.03. The molecule has 3 nitrogen and oxygen atoms in total. The van der Waals surface area contributed by atoms with Crippen molar-refractivity contribution in [3.05, 3.63) is 53.9 Å². The van der Waals surface area contributed by atoms with E-state index in [0.717, 1.165) is 23.2 Å². The van der Waals surface area contributed by atoms with Crippen LogP contribution in [0, 0.1) is 0 Å². The molecule has 1 atom stereocenters. The molecule has 1 N–H and O–H groups in total. The molecule has 3 rings (SSSR count). The Morgan fingerprint density at radius 3 is 2.52 bits per heavy atom. The van der Waals surface area contributed by atoms with Gasteiger partial charge < -0.3 is 10.0 Å². The van der Waals surface area contributed by atoms with Gasteiger partial charge in [-0.2, -0.15) is 0 Å². The van der Waals surface area contributed by atoms with E-state index in [9.17, 15) is 0 Å². The van der Waals surface area contributed by atoms with E-state index in [4.69, 9.17) is 5.11 Å². The average molecular weight is 282 g/mol. The lowest BCUT2D eigenvalue weighted by atomic mass is 9.94. The van der Waals surface area contributed by atoms with Crippen molar-refractivity contribution in [1.82, 2.24) is 9.88 Å². The number of likely N-dealkylation sites (tertiary alicyclic amines) is 1. The van der Waals surface area contributed by atoms with E-state index in [0.29, 0.717) is 5.92 Å². The number of nitrogens with zero attached hydrogens (tertiary/aromatic N) is 2. The third-order valence-electron chi connectivity index (χ3n) is 4.30. The lowest BCUT2D eigenvalue weighted by Gasteiger charge is -2.29. The Labute approximate surface area is 126 Å². The van der Waals surface area contributed by atoms with Crippen LogP contribution in [-0.2, 0) is 6.61 Å². The van der Waals surface area contributed by atoms with Crippen molar-refractivity contribution < 1.29 is 5.11 Å². The molecule has 0 spiro atoms. The predicted octanol–water partition coefficient (Wildman–Crippen LogP) is 3.05. The van der Waals surface area contributed by atoms with E-state index < -0.39 is 0 Å². The van der Waals surface area contributed by atoms with Gasteiger partial charge in [-0.3, -0.25) is 4.98 Å². The molecule has 110 valence electrons. The highest BCUT2D eigenvalue weighted by molar-refractivity contribution is 5.62. The number of rotatable bonds is 3. The Kier molecular flexibility index (Phi) is 4.32. The van der Waals surface area contributed by atoms with E-state index in [1.54, 1.807) is 0 Å². The second-order valence-electron chi connectivity index (χ2n) is 5.93. The number of piperidine rings is 1. The Bertz CT molecular complexity index is 577. The fourth-order valence-electron chi connectivity index (χ4n) is 3.03. The molecule has 0 amide bonds. The van der Waals surface area contributed by atoms with Crippen LogP contribution < -0.4 is 0 Å². The zero-order valence-corrected chi connectivity index (χ0v) is 12.5. The molecule has 1 aliphatic rings. The molecule has 3 heteroatoms. The standard InChI is InChI=1S/C18H22N2O/c1-20-10-2-3-17(12-20)18-9-8-16(11-19-18)15-6-4-14(13-21)5-7-15/h4-9,11,17,21H,2-3,10,12-13H2,1H3. The largest absolute Gasteiger partial charge is 0.392 e. The third-order valence-corrected chi connectivity index (χ3v) is 4.30. The van der Waals surface area contributed by atoms with E-state index in [1.165, 1.54) is 25.1 Å². The molecule has 2 aromatic rings. The summed E-state index contributed by atoms with van der Waals surface area (Å²) >= 11 is 0. The first-order chi connectivity index (χ1) is 10.3. The molecule has 0 bridgehead atoms. The van der Waals surface area contributed by atoms with Gasteiger partial charge in [0, 0.05) is 29.9 Å². The Balaban J connectivity index is 1.76. The predicted molar refractivity (Wildman–Crippen MR) is 85.1 cm³/mol. The number of hydrogen-bond donors (Lipinski definition) is 1. The van der Waals surface area contributed by atoms with E-state index in [-0.39, 0.29) is 6.61 Å². The molecule has 1 saturated heterocycles. The highest BCUT2D eigenvalue weighted by atomic mass is 16.3. The SMILES string of the molecule is CN1CCCC(c2ccc(-c3ccc(CO)cc3)cn2)C1. The molecule has 0 radical (unpaired) electrons. The summed E-state index contributed by atoms with van der Waals surface area (Å²) in [6, 6.07) is 12.3. The lowest BCUT2D eigenvalue weighted by Crippen LogP contribution is -2.31. The summed E-state index contributed by atoms with van der Waals surface area (Å²) in [6.07, 6.45) is 4.47.